The van der Waals surface area contributed by atoms with E-state index in [1.165, 1.54) is 0 Å². The summed E-state index contributed by atoms with van der Waals surface area (Å²) in [6.07, 6.45) is 9.25. The average Bonchev–Trinajstić information content (AvgIpc) is 3.19. The summed E-state index contributed by atoms with van der Waals surface area (Å²) in [5.41, 5.74) is 3.86. The summed E-state index contributed by atoms with van der Waals surface area (Å²) in [5, 5.41) is 4.39. The minimum absolute atomic E-state index is 0.0828. The summed E-state index contributed by atoms with van der Waals surface area (Å²) in [6, 6.07) is 9.98. The Hall–Kier alpha value is -3.39. The topological polar surface area (TPSA) is 78.7 Å². The van der Waals surface area contributed by atoms with Gasteiger partial charge in [0.05, 0.1) is 18.3 Å². The number of hydrogen-bond acceptors (Lipinski definition) is 6. The van der Waals surface area contributed by atoms with Crippen LogP contribution in [-0.2, 0) is 22.6 Å². The first-order chi connectivity index (χ1) is 17.2. The summed E-state index contributed by atoms with van der Waals surface area (Å²) in [5.74, 6) is 1.49. The van der Waals surface area contributed by atoms with Crippen molar-refractivity contribution in [1.29, 1.82) is 0 Å². The molecule has 1 amide bonds. The fourth-order valence-corrected chi connectivity index (χ4v) is 4.58. The molecule has 4 heterocycles. The lowest BCUT2D eigenvalue weighted by molar-refractivity contribution is -0.132. The molecular formula is C27H32N4O4. The Bertz CT molecular complexity index is 1140. The number of amides is 1. The molecule has 2 aromatic heterocycles. The van der Waals surface area contributed by atoms with Crippen molar-refractivity contribution in [3.63, 3.8) is 0 Å². The van der Waals surface area contributed by atoms with Gasteiger partial charge >= 0.3 is 0 Å². The standard InChI is InChI=1S/C27H32N4O4/c1-20-7-10-31(29-20)11-8-26(32)30-12-14-34-27-23(18-30)15-22(21-5-4-9-28-17-21)16-25(27)35-19-24-6-2-3-13-33-24/h4-5,7,9-10,15-17,24H,2-3,6,8,11-14,18-19H2,1H3/t24-/m0/s1. The third-order valence-corrected chi connectivity index (χ3v) is 6.48. The Morgan fingerprint density at radius 1 is 1.20 bits per heavy atom. The lowest BCUT2D eigenvalue weighted by Gasteiger charge is -2.24. The number of carbonyl (C=O) groups excluding carboxylic acids is 1. The minimum atomic E-state index is 0.0828. The highest BCUT2D eigenvalue weighted by Crippen LogP contribution is 2.39. The second-order valence-electron chi connectivity index (χ2n) is 9.14. The van der Waals surface area contributed by atoms with Gasteiger partial charge in [-0.25, -0.2) is 0 Å². The third kappa shape index (κ3) is 5.82. The molecule has 1 atom stereocenters. The SMILES string of the molecule is Cc1ccn(CCC(=O)N2CCOc3c(cc(-c4cccnc4)cc3OC[C@@H]3CCCCO3)C2)n1. The predicted molar refractivity (Wildman–Crippen MR) is 131 cm³/mol. The van der Waals surface area contributed by atoms with Crippen molar-refractivity contribution in [3.8, 4) is 22.6 Å². The highest BCUT2D eigenvalue weighted by atomic mass is 16.5. The van der Waals surface area contributed by atoms with E-state index < -0.39 is 0 Å². The van der Waals surface area contributed by atoms with Crippen molar-refractivity contribution in [2.75, 3.05) is 26.4 Å². The maximum atomic E-state index is 13.1. The summed E-state index contributed by atoms with van der Waals surface area (Å²) in [7, 11) is 0. The summed E-state index contributed by atoms with van der Waals surface area (Å²) in [6.45, 7) is 5.19. The van der Waals surface area contributed by atoms with E-state index >= 15 is 0 Å². The van der Waals surface area contributed by atoms with Crippen LogP contribution < -0.4 is 9.47 Å². The van der Waals surface area contributed by atoms with Gasteiger partial charge in [-0.1, -0.05) is 6.07 Å². The van der Waals surface area contributed by atoms with E-state index in [0.717, 1.165) is 48.3 Å². The molecule has 0 bridgehead atoms. The molecule has 3 aromatic rings. The zero-order valence-corrected chi connectivity index (χ0v) is 20.2. The Balaban J connectivity index is 1.37. The largest absolute Gasteiger partial charge is 0.487 e. The second-order valence-corrected chi connectivity index (χ2v) is 9.14. The van der Waals surface area contributed by atoms with Gasteiger partial charge in [-0.3, -0.25) is 14.5 Å². The van der Waals surface area contributed by atoms with Crippen LogP contribution >= 0.6 is 0 Å². The van der Waals surface area contributed by atoms with Crippen molar-refractivity contribution in [3.05, 3.63) is 60.2 Å². The third-order valence-electron chi connectivity index (χ3n) is 6.48. The van der Waals surface area contributed by atoms with Gasteiger partial charge in [0, 0.05) is 55.8 Å². The Morgan fingerprint density at radius 2 is 2.14 bits per heavy atom. The lowest BCUT2D eigenvalue weighted by Crippen LogP contribution is -2.33. The van der Waals surface area contributed by atoms with Crippen molar-refractivity contribution in [2.45, 2.75) is 51.8 Å². The number of aromatic nitrogens is 3. The van der Waals surface area contributed by atoms with Gasteiger partial charge in [-0.2, -0.15) is 5.10 Å². The van der Waals surface area contributed by atoms with Gasteiger partial charge in [0.15, 0.2) is 11.5 Å². The molecule has 35 heavy (non-hydrogen) atoms. The first-order valence-corrected chi connectivity index (χ1v) is 12.4. The van der Waals surface area contributed by atoms with Gasteiger partial charge in [0.25, 0.3) is 0 Å². The summed E-state index contributed by atoms with van der Waals surface area (Å²) in [4.78, 5) is 19.2. The molecule has 0 N–H and O–H groups in total. The van der Waals surface area contributed by atoms with Crippen LogP contribution in [0.15, 0.2) is 48.9 Å². The monoisotopic (exact) mass is 476 g/mol. The van der Waals surface area contributed by atoms with Gasteiger partial charge in [0.2, 0.25) is 5.91 Å². The Morgan fingerprint density at radius 3 is 2.91 bits per heavy atom. The molecule has 1 aromatic carbocycles. The number of benzene rings is 1. The van der Waals surface area contributed by atoms with Crippen LogP contribution in [0.5, 0.6) is 11.5 Å². The number of rotatable bonds is 7. The highest BCUT2D eigenvalue weighted by Gasteiger charge is 2.25. The van der Waals surface area contributed by atoms with E-state index in [-0.39, 0.29) is 12.0 Å². The smallest absolute Gasteiger partial charge is 0.224 e. The Kier molecular flexibility index (Phi) is 7.28. The van der Waals surface area contributed by atoms with Crippen molar-refractivity contribution >= 4 is 5.91 Å². The number of pyridine rings is 1. The van der Waals surface area contributed by atoms with Gasteiger partial charge < -0.3 is 19.1 Å². The average molecular weight is 477 g/mol. The number of carbonyl (C=O) groups is 1. The molecule has 0 saturated carbocycles. The van der Waals surface area contributed by atoms with Crippen molar-refractivity contribution in [2.24, 2.45) is 0 Å². The summed E-state index contributed by atoms with van der Waals surface area (Å²) >= 11 is 0. The number of aryl methyl sites for hydroxylation is 2. The van der Waals surface area contributed by atoms with Gasteiger partial charge in [-0.15, -0.1) is 0 Å². The molecule has 1 saturated heterocycles. The maximum absolute atomic E-state index is 13.1. The van der Waals surface area contributed by atoms with Crippen LogP contribution in [0.4, 0.5) is 0 Å². The van der Waals surface area contributed by atoms with E-state index in [2.05, 4.69) is 16.1 Å². The summed E-state index contributed by atoms with van der Waals surface area (Å²) < 4.78 is 20.1. The molecule has 8 heteroatoms. The van der Waals surface area contributed by atoms with Crippen LogP contribution in [0.25, 0.3) is 11.1 Å². The molecule has 0 radical (unpaired) electrons. The minimum Gasteiger partial charge on any atom is -0.487 e. The van der Waals surface area contributed by atoms with E-state index in [1.807, 2.05) is 53.2 Å². The molecular weight excluding hydrogens is 444 g/mol. The van der Waals surface area contributed by atoms with Gasteiger partial charge in [0.1, 0.15) is 13.2 Å². The van der Waals surface area contributed by atoms with Crippen molar-refractivity contribution in [1.82, 2.24) is 19.7 Å². The first kappa shape index (κ1) is 23.4. The molecule has 184 valence electrons. The molecule has 5 rings (SSSR count). The van der Waals surface area contributed by atoms with E-state index in [4.69, 9.17) is 14.2 Å². The number of fused-ring (bicyclic) bond motifs is 1. The normalized spacial score (nSPS) is 17.9. The molecule has 2 aliphatic rings. The van der Waals surface area contributed by atoms with E-state index in [0.29, 0.717) is 50.8 Å². The zero-order chi connectivity index (χ0) is 24.0. The van der Waals surface area contributed by atoms with Crippen LogP contribution in [-0.4, -0.2) is 58.0 Å². The molecule has 0 spiro atoms. The van der Waals surface area contributed by atoms with E-state index in [1.54, 1.807) is 6.20 Å². The maximum Gasteiger partial charge on any atom is 0.224 e. The molecule has 2 aliphatic heterocycles. The molecule has 8 nitrogen and oxygen atoms in total. The first-order valence-electron chi connectivity index (χ1n) is 12.4. The van der Waals surface area contributed by atoms with Crippen LogP contribution in [0.3, 0.4) is 0 Å². The quantitative estimate of drug-likeness (QED) is 0.513. The zero-order valence-electron chi connectivity index (χ0n) is 20.2. The van der Waals surface area contributed by atoms with Crippen LogP contribution in [0, 0.1) is 6.92 Å². The second kappa shape index (κ2) is 10.9. The fourth-order valence-electron chi connectivity index (χ4n) is 4.58. The fraction of sp³-hybridized carbons (Fsp3) is 0.444. The molecule has 1 fully saturated rings. The molecule has 0 aliphatic carbocycles. The van der Waals surface area contributed by atoms with Crippen molar-refractivity contribution < 1.29 is 19.0 Å². The highest BCUT2D eigenvalue weighted by molar-refractivity contribution is 5.77. The Labute approximate surface area is 205 Å². The number of ether oxygens (including phenoxy) is 3. The lowest BCUT2D eigenvalue weighted by atomic mass is 10.0. The van der Waals surface area contributed by atoms with Gasteiger partial charge in [-0.05, 0) is 56.0 Å². The molecule has 0 unspecified atom stereocenters. The van der Waals surface area contributed by atoms with Crippen LogP contribution in [0.2, 0.25) is 0 Å². The van der Waals surface area contributed by atoms with E-state index in [9.17, 15) is 4.79 Å². The number of nitrogens with zero attached hydrogens (tertiary/aromatic N) is 4. The predicted octanol–water partition coefficient (Wildman–Crippen LogP) is 4.01. The van der Waals surface area contributed by atoms with Crippen LogP contribution in [0.1, 0.15) is 36.9 Å². The number of hydrogen-bond donors (Lipinski definition) is 0.